The number of hydrogen-bond donors (Lipinski definition) is 0. The molecule has 0 aromatic rings. The van der Waals surface area contributed by atoms with Crippen LogP contribution in [0.25, 0.3) is 0 Å². The molecule has 0 bridgehead atoms. The molecule has 0 aliphatic rings. The average molecular weight is 298 g/mol. The van der Waals surface area contributed by atoms with Crippen molar-refractivity contribution in [3.05, 3.63) is 4.91 Å². The van der Waals surface area contributed by atoms with Gasteiger partial charge in [-0.2, -0.15) is 4.91 Å². The molecule has 0 aromatic carbocycles. The molecule has 2 nitrogen and oxygen atoms in total. The molecule has 0 heterocycles. The Balaban J connectivity index is 3.08. The summed E-state index contributed by atoms with van der Waals surface area (Å²) in [5.41, 5.74) is -0.350. The lowest BCUT2D eigenvalue weighted by Gasteiger charge is -2.14. The van der Waals surface area contributed by atoms with Gasteiger partial charge in [-0.15, -0.1) is 0 Å². The number of unbranched alkanes of at least 4 members (excludes halogenated alkanes) is 13. The van der Waals surface area contributed by atoms with Crippen LogP contribution in [0.15, 0.2) is 5.18 Å². The van der Waals surface area contributed by atoms with Crippen LogP contribution in [-0.4, -0.2) is 5.54 Å². The third-order valence-corrected chi connectivity index (χ3v) is 4.39. The average Bonchev–Trinajstić information content (AvgIpc) is 2.47. The zero-order chi connectivity index (χ0) is 15.8. The van der Waals surface area contributed by atoms with Crippen molar-refractivity contribution in [2.75, 3.05) is 0 Å². The molecule has 0 amide bonds. The van der Waals surface area contributed by atoms with E-state index in [0.29, 0.717) is 0 Å². The van der Waals surface area contributed by atoms with E-state index in [-0.39, 0.29) is 5.54 Å². The number of nitrogens with zero attached hydrogens (tertiary/aromatic N) is 1. The summed E-state index contributed by atoms with van der Waals surface area (Å²) in [5.74, 6) is 0. The van der Waals surface area contributed by atoms with Gasteiger partial charge >= 0.3 is 0 Å². The third-order valence-electron chi connectivity index (χ3n) is 4.39. The van der Waals surface area contributed by atoms with Gasteiger partial charge in [0, 0.05) is 0 Å². The highest BCUT2D eigenvalue weighted by Gasteiger charge is 2.16. The SMILES string of the molecule is CCCCCCCCCCCCCCCCC(C)(C)N=O. The van der Waals surface area contributed by atoms with Crippen LogP contribution >= 0.6 is 0 Å². The van der Waals surface area contributed by atoms with Gasteiger partial charge in [0.2, 0.25) is 0 Å². The fourth-order valence-corrected chi connectivity index (χ4v) is 2.80. The quantitative estimate of drug-likeness (QED) is 0.215. The molecule has 0 atom stereocenters. The van der Waals surface area contributed by atoms with Crippen molar-refractivity contribution < 1.29 is 0 Å². The molecule has 21 heavy (non-hydrogen) atoms. The predicted octanol–water partition coefficient (Wildman–Crippen LogP) is 7.40. The van der Waals surface area contributed by atoms with E-state index in [0.717, 1.165) is 12.8 Å². The minimum Gasteiger partial charge on any atom is -0.150 e. The molecule has 0 aliphatic carbocycles. The maximum absolute atomic E-state index is 10.5. The molecular weight excluding hydrogens is 258 g/mol. The summed E-state index contributed by atoms with van der Waals surface area (Å²) in [6, 6.07) is 0. The van der Waals surface area contributed by atoms with Gasteiger partial charge < -0.3 is 0 Å². The Morgan fingerprint density at radius 1 is 0.619 bits per heavy atom. The molecule has 0 unspecified atom stereocenters. The molecular formula is C19H39NO. The highest BCUT2D eigenvalue weighted by molar-refractivity contribution is 4.75. The first-order valence-corrected chi connectivity index (χ1v) is 9.47. The standard InChI is InChI=1S/C19H39NO/c1-4-5-6-7-8-9-10-11-12-13-14-15-16-17-18-19(2,3)20-21/h4-18H2,1-3H3. The normalized spacial score (nSPS) is 11.8. The van der Waals surface area contributed by atoms with E-state index in [1.165, 1.54) is 83.5 Å². The number of nitroso groups, excluding NO2 is 1. The van der Waals surface area contributed by atoms with Crippen LogP contribution in [0, 0.1) is 4.91 Å². The summed E-state index contributed by atoms with van der Waals surface area (Å²) in [6.45, 7) is 6.14. The largest absolute Gasteiger partial charge is 0.150 e. The predicted molar refractivity (Wildman–Crippen MR) is 94.8 cm³/mol. The Bertz CT molecular complexity index is 226. The Morgan fingerprint density at radius 3 is 1.29 bits per heavy atom. The Hall–Kier alpha value is -0.400. The van der Waals surface area contributed by atoms with E-state index in [2.05, 4.69) is 12.1 Å². The van der Waals surface area contributed by atoms with E-state index in [1.54, 1.807) is 0 Å². The van der Waals surface area contributed by atoms with Crippen molar-refractivity contribution in [3.8, 4) is 0 Å². The van der Waals surface area contributed by atoms with E-state index >= 15 is 0 Å². The fraction of sp³-hybridized carbons (Fsp3) is 1.00. The maximum atomic E-state index is 10.5. The second-order valence-electron chi connectivity index (χ2n) is 7.25. The van der Waals surface area contributed by atoms with Crippen molar-refractivity contribution in [2.45, 2.75) is 123 Å². The highest BCUT2D eigenvalue weighted by Crippen LogP contribution is 2.19. The van der Waals surface area contributed by atoms with E-state index in [4.69, 9.17) is 0 Å². The van der Waals surface area contributed by atoms with Crippen molar-refractivity contribution >= 4 is 0 Å². The molecule has 0 aliphatic heterocycles. The second-order valence-corrected chi connectivity index (χ2v) is 7.25. The van der Waals surface area contributed by atoms with Gasteiger partial charge in [-0.25, -0.2) is 0 Å². The van der Waals surface area contributed by atoms with Crippen molar-refractivity contribution in [2.24, 2.45) is 5.18 Å². The van der Waals surface area contributed by atoms with Gasteiger partial charge in [0.05, 0.1) is 5.54 Å². The van der Waals surface area contributed by atoms with Crippen LogP contribution in [0.2, 0.25) is 0 Å². The van der Waals surface area contributed by atoms with E-state index < -0.39 is 0 Å². The van der Waals surface area contributed by atoms with Crippen molar-refractivity contribution in [1.29, 1.82) is 0 Å². The lowest BCUT2D eigenvalue weighted by atomic mass is 9.97. The smallest absolute Gasteiger partial charge is 0.0970 e. The molecule has 0 aromatic heterocycles. The molecule has 0 fully saturated rings. The molecule has 0 saturated heterocycles. The van der Waals surface area contributed by atoms with Gasteiger partial charge in [-0.1, -0.05) is 102 Å². The van der Waals surface area contributed by atoms with Crippen LogP contribution in [-0.2, 0) is 0 Å². The zero-order valence-electron chi connectivity index (χ0n) is 15.0. The van der Waals surface area contributed by atoms with Crippen LogP contribution in [0.1, 0.15) is 117 Å². The minimum absolute atomic E-state index is 0.350. The summed E-state index contributed by atoms with van der Waals surface area (Å²) in [6.07, 6.45) is 20.2. The Morgan fingerprint density at radius 2 is 0.952 bits per heavy atom. The zero-order valence-corrected chi connectivity index (χ0v) is 15.0. The van der Waals surface area contributed by atoms with Gasteiger partial charge in [-0.05, 0) is 20.3 Å². The van der Waals surface area contributed by atoms with Crippen molar-refractivity contribution in [1.82, 2.24) is 0 Å². The topological polar surface area (TPSA) is 29.4 Å². The lowest BCUT2D eigenvalue weighted by molar-refractivity contribution is 0.439. The highest BCUT2D eigenvalue weighted by atomic mass is 16.3. The molecule has 0 N–H and O–H groups in total. The number of rotatable bonds is 16. The molecule has 0 saturated carbocycles. The van der Waals surface area contributed by atoms with E-state index in [9.17, 15) is 4.91 Å². The third kappa shape index (κ3) is 15.8. The first-order chi connectivity index (χ1) is 10.1. The summed E-state index contributed by atoms with van der Waals surface area (Å²) in [4.78, 5) is 10.5. The summed E-state index contributed by atoms with van der Waals surface area (Å²) in [5, 5.41) is 3.17. The second kappa shape index (κ2) is 14.5. The van der Waals surface area contributed by atoms with Crippen LogP contribution < -0.4 is 0 Å². The summed E-state index contributed by atoms with van der Waals surface area (Å²) in [7, 11) is 0. The molecule has 2 heteroatoms. The Kier molecular flexibility index (Phi) is 14.3. The molecule has 0 spiro atoms. The summed E-state index contributed by atoms with van der Waals surface area (Å²) >= 11 is 0. The first-order valence-electron chi connectivity index (χ1n) is 9.47. The lowest BCUT2D eigenvalue weighted by Crippen LogP contribution is -2.14. The van der Waals surface area contributed by atoms with Crippen molar-refractivity contribution in [3.63, 3.8) is 0 Å². The van der Waals surface area contributed by atoms with Gasteiger partial charge in [0.25, 0.3) is 0 Å². The van der Waals surface area contributed by atoms with E-state index in [1.807, 2.05) is 13.8 Å². The van der Waals surface area contributed by atoms with Crippen LogP contribution in [0.3, 0.4) is 0 Å². The molecule has 0 rings (SSSR count). The number of hydrogen-bond acceptors (Lipinski definition) is 2. The van der Waals surface area contributed by atoms with Crippen LogP contribution in [0.4, 0.5) is 0 Å². The van der Waals surface area contributed by atoms with Gasteiger partial charge in [0.15, 0.2) is 0 Å². The van der Waals surface area contributed by atoms with Gasteiger partial charge in [-0.3, -0.25) is 0 Å². The van der Waals surface area contributed by atoms with Gasteiger partial charge in [0.1, 0.15) is 0 Å². The first kappa shape index (κ1) is 20.6. The maximum Gasteiger partial charge on any atom is 0.0970 e. The minimum atomic E-state index is -0.350. The summed E-state index contributed by atoms with van der Waals surface area (Å²) < 4.78 is 0. The van der Waals surface area contributed by atoms with Crippen LogP contribution in [0.5, 0.6) is 0 Å². The molecule has 126 valence electrons. The monoisotopic (exact) mass is 297 g/mol. The fourth-order valence-electron chi connectivity index (χ4n) is 2.80. The Labute approximate surface area is 133 Å². The molecule has 0 radical (unpaired) electrons.